The Balaban J connectivity index is 0.611. The Kier molecular flexibility index (Phi) is 16.3. The largest absolute Gasteiger partial charge is 0.310 e. The lowest BCUT2D eigenvalue weighted by atomic mass is 9.97. The number of thiophene rings is 2. The third-order valence-electron chi connectivity index (χ3n) is 22.9. The summed E-state index contributed by atoms with van der Waals surface area (Å²) in [6, 6.07) is 157. The fourth-order valence-corrected chi connectivity index (χ4v) is 19.8. The molecule has 0 aliphatic rings. The van der Waals surface area contributed by atoms with Crippen molar-refractivity contribution in [1.82, 2.24) is 9.13 Å². The molecule has 0 fully saturated rings. The molecule has 534 valence electrons. The van der Waals surface area contributed by atoms with Gasteiger partial charge < -0.3 is 18.9 Å². The van der Waals surface area contributed by atoms with Crippen LogP contribution in [0.15, 0.2) is 425 Å². The second-order valence-corrected chi connectivity index (χ2v) is 31.6. The number of fused-ring (bicyclic) bond motifs is 12. The molecular formula is C108H70N4S2. The molecule has 0 aliphatic carbocycles. The van der Waals surface area contributed by atoms with Gasteiger partial charge in [-0.05, 0) is 218 Å². The molecule has 0 spiro atoms. The molecule has 0 N–H and O–H groups in total. The minimum Gasteiger partial charge on any atom is -0.310 e. The Labute approximate surface area is 668 Å². The Morgan fingerprint density at radius 3 is 0.912 bits per heavy atom. The highest BCUT2D eigenvalue weighted by Crippen LogP contribution is 2.50. The van der Waals surface area contributed by atoms with Crippen molar-refractivity contribution in [3.8, 4) is 89.3 Å². The van der Waals surface area contributed by atoms with Crippen LogP contribution in [0.1, 0.15) is 0 Å². The number of para-hydroxylation sites is 3. The summed E-state index contributed by atoms with van der Waals surface area (Å²) in [6.07, 6.45) is 0. The molecule has 6 heteroatoms. The van der Waals surface area contributed by atoms with Crippen LogP contribution in [-0.2, 0) is 0 Å². The van der Waals surface area contributed by atoms with E-state index in [9.17, 15) is 0 Å². The van der Waals surface area contributed by atoms with Gasteiger partial charge in [-0.2, -0.15) is 0 Å². The number of rotatable bonds is 15. The fourth-order valence-electron chi connectivity index (χ4n) is 17.4. The molecule has 0 radical (unpaired) electrons. The Bertz CT molecular complexity index is 7330. The van der Waals surface area contributed by atoms with Gasteiger partial charge in [0, 0.05) is 119 Å². The predicted molar refractivity (Wildman–Crippen MR) is 488 cm³/mol. The molecule has 0 amide bonds. The Morgan fingerprint density at radius 2 is 0.465 bits per heavy atom. The van der Waals surface area contributed by atoms with Crippen molar-refractivity contribution in [2.45, 2.75) is 0 Å². The van der Waals surface area contributed by atoms with Crippen LogP contribution >= 0.6 is 22.7 Å². The molecule has 22 rings (SSSR count). The van der Waals surface area contributed by atoms with Gasteiger partial charge in [0.25, 0.3) is 0 Å². The second kappa shape index (κ2) is 27.9. The van der Waals surface area contributed by atoms with Gasteiger partial charge in [0.15, 0.2) is 0 Å². The van der Waals surface area contributed by atoms with Crippen LogP contribution in [0, 0.1) is 0 Å². The highest BCUT2D eigenvalue weighted by atomic mass is 32.1. The van der Waals surface area contributed by atoms with Crippen molar-refractivity contribution in [1.29, 1.82) is 0 Å². The highest BCUT2D eigenvalue weighted by molar-refractivity contribution is 7.26. The molecule has 0 unspecified atom stereocenters. The van der Waals surface area contributed by atoms with E-state index < -0.39 is 0 Å². The molecule has 4 nitrogen and oxygen atoms in total. The van der Waals surface area contributed by atoms with Crippen LogP contribution in [0.4, 0.5) is 34.1 Å². The summed E-state index contributed by atoms with van der Waals surface area (Å²) < 4.78 is 9.92. The van der Waals surface area contributed by atoms with E-state index in [-0.39, 0.29) is 0 Å². The topological polar surface area (TPSA) is 16.3 Å². The molecule has 0 saturated heterocycles. The fraction of sp³-hybridized carbons (Fsp3) is 0. The van der Waals surface area contributed by atoms with Gasteiger partial charge in [-0.15, -0.1) is 22.7 Å². The lowest BCUT2D eigenvalue weighted by Gasteiger charge is -2.27. The maximum absolute atomic E-state index is 2.45. The molecule has 4 heterocycles. The van der Waals surface area contributed by atoms with Crippen LogP contribution in [0.3, 0.4) is 0 Å². The average molecular weight is 1490 g/mol. The average Bonchev–Trinajstić information content (AvgIpc) is 1.66. The first-order chi connectivity index (χ1) is 56.5. The molecule has 0 atom stereocenters. The number of aromatic nitrogens is 2. The zero-order valence-electron chi connectivity index (χ0n) is 62.0. The summed E-state index contributed by atoms with van der Waals surface area (Å²) in [5, 5.41) is 9.88. The predicted octanol–water partition coefficient (Wildman–Crippen LogP) is 31.2. The van der Waals surface area contributed by atoms with Gasteiger partial charge in [0.05, 0.1) is 22.1 Å². The van der Waals surface area contributed by atoms with Crippen molar-refractivity contribution >= 4 is 141 Å². The lowest BCUT2D eigenvalue weighted by Crippen LogP contribution is -2.10. The number of hydrogen-bond donors (Lipinski definition) is 0. The van der Waals surface area contributed by atoms with Crippen molar-refractivity contribution in [3.63, 3.8) is 0 Å². The van der Waals surface area contributed by atoms with Crippen LogP contribution in [0.5, 0.6) is 0 Å². The van der Waals surface area contributed by atoms with Gasteiger partial charge in [-0.25, -0.2) is 0 Å². The van der Waals surface area contributed by atoms with E-state index in [4.69, 9.17) is 0 Å². The van der Waals surface area contributed by atoms with E-state index in [1.165, 1.54) is 129 Å². The summed E-state index contributed by atoms with van der Waals surface area (Å²) >= 11 is 3.75. The van der Waals surface area contributed by atoms with Crippen molar-refractivity contribution in [2.75, 3.05) is 9.80 Å². The molecule has 18 aromatic carbocycles. The second-order valence-electron chi connectivity index (χ2n) is 29.5. The smallest absolute Gasteiger partial charge is 0.0541 e. The van der Waals surface area contributed by atoms with Gasteiger partial charge in [-0.3, -0.25) is 0 Å². The number of nitrogens with zero attached hydrogens (tertiary/aromatic N) is 4. The van der Waals surface area contributed by atoms with Gasteiger partial charge >= 0.3 is 0 Å². The minimum absolute atomic E-state index is 1.07. The third-order valence-corrected chi connectivity index (χ3v) is 25.3. The molecule has 0 aliphatic heterocycles. The summed E-state index contributed by atoms with van der Waals surface area (Å²) in [4.78, 5) is 4.87. The summed E-state index contributed by atoms with van der Waals surface area (Å²) in [5.41, 5.74) is 29.9. The van der Waals surface area contributed by atoms with Crippen molar-refractivity contribution in [3.05, 3.63) is 425 Å². The minimum atomic E-state index is 1.07. The van der Waals surface area contributed by atoms with E-state index in [1.807, 2.05) is 22.7 Å². The van der Waals surface area contributed by atoms with Crippen LogP contribution in [-0.4, -0.2) is 9.13 Å². The monoisotopic (exact) mass is 1490 g/mol. The SMILES string of the molecule is c1ccc(-c2ccc(N(c3ccc(-c4ccccc4)cc3)c3cc(-c4ccc(-n5c6ccccc6c6cc(-c7cccc(-c8ccc(N(c9ccc(-c%10ccccc%10)cc9)c9cc(-c%10ccc%11c(c%10)c%10ccccc%10n%11-c%10ccccc%10)c%10sc%11ccccc%11c%10c9)cc8)c7)ccc65)cc4)c4sc5ccccc5c4c3)cc2)cc1. The number of hydrogen-bond acceptors (Lipinski definition) is 4. The normalized spacial score (nSPS) is 11.7. The maximum atomic E-state index is 2.45. The third kappa shape index (κ3) is 11.7. The molecule has 114 heavy (non-hydrogen) atoms. The van der Waals surface area contributed by atoms with Crippen LogP contribution < -0.4 is 9.80 Å². The van der Waals surface area contributed by atoms with E-state index in [1.54, 1.807) is 0 Å². The highest BCUT2D eigenvalue weighted by Gasteiger charge is 2.24. The maximum Gasteiger partial charge on any atom is 0.0541 e. The van der Waals surface area contributed by atoms with Crippen molar-refractivity contribution < 1.29 is 0 Å². The molecule has 0 saturated carbocycles. The summed E-state index contributed by atoms with van der Waals surface area (Å²) in [6.45, 7) is 0. The van der Waals surface area contributed by atoms with Gasteiger partial charge in [0.1, 0.15) is 0 Å². The molecule has 4 aromatic heterocycles. The Morgan fingerprint density at radius 1 is 0.167 bits per heavy atom. The standard InChI is InChI=1S/C108H70N4S2/c1-5-22-71(23-6-1)74-40-52-84(53-41-74)109(85-54-42-75(43-55-85)72-24-7-2-8-25-72)89-67-95(107-99(69-89)93-34-15-19-38-105(93)113-107)78-48-60-88(61-49-78)112-102-37-18-13-32-91(102)97-65-81(50-62-103(97)112)80-29-21-28-79(64-80)77-46-58-87(59-47-77)110(86-56-44-76(45-57-86)73-26-9-3-10-27-73)90-68-96(108-100(70-90)94-35-16-20-39-106(94)114-108)82-51-63-104-98(66-82)92-33-14-17-36-101(92)111(104)83-30-11-4-12-31-83/h1-70H. The van der Waals surface area contributed by atoms with Gasteiger partial charge in [-0.1, -0.05) is 273 Å². The molecular weight excluding hydrogens is 1420 g/mol. The van der Waals surface area contributed by atoms with E-state index in [0.717, 1.165) is 78.8 Å². The van der Waals surface area contributed by atoms with Crippen molar-refractivity contribution in [2.24, 2.45) is 0 Å². The first kappa shape index (κ1) is 66.6. The number of benzene rings is 18. The van der Waals surface area contributed by atoms with Crippen LogP contribution in [0.2, 0.25) is 0 Å². The van der Waals surface area contributed by atoms with Gasteiger partial charge in [0.2, 0.25) is 0 Å². The molecule has 0 bridgehead atoms. The van der Waals surface area contributed by atoms with Crippen LogP contribution in [0.25, 0.3) is 173 Å². The first-order valence-corrected chi connectivity index (χ1v) is 40.5. The summed E-state index contributed by atoms with van der Waals surface area (Å²) in [5.74, 6) is 0. The molecule has 22 aromatic rings. The lowest BCUT2D eigenvalue weighted by molar-refractivity contribution is 1.18. The zero-order chi connectivity index (χ0) is 75.2. The Hall–Kier alpha value is -14.4. The van der Waals surface area contributed by atoms with E-state index in [0.29, 0.717) is 0 Å². The van der Waals surface area contributed by atoms with E-state index in [2.05, 4.69) is 444 Å². The quantitative estimate of drug-likeness (QED) is 0.102. The number of anilines is 6. The zero-order valence-corrected chi connectivity index (χ0v) is 63.7. The van der Waals surface area contributed by atoms with E-state index >= 15 is 0 Å². The summed E-state index contributed by atoms with van der Waals surface area (Å²) in [7, 11) is 0. The first-order valence-electron chi connectivity index (χ1n) is 38.9.